The van der Waals surface area contributed by atoms with Crippen LogP contribution in [-0.4, -0.2) is 126 Å². The van der Waals surface area contributed by atoms with Crippen LogP contribution < -0.4 is 21.9 Å². The van der Waals surface area contributed by atoms with E-state index in [1.807, 2.05) is 53.8 Å². The molecule has 1 unspecified atom stereocenters. The molecule has 2 aromatic carbocycles. The van der Waals surface area contributed by atoms with Crippen LogP contribution in [0, 0.1) is 24.5 Å². The standard InChI is InChI=1S/C54H63F2N11O5/c1-32-23-38(25-40(55)50(32)37-14-19-63(20-15-37)34(3)46-26-39-43(11-16-58-51(39)60(46)5)66-31-41(56)42(57-4)27-49(66)69)53(71)64-17-12-35(13-18-64)30-65-22-21-62(28-33(65)2)29-36-7-8-44-47(24-36)61(6)54(72)67(44)45-9-10-48(68)59-52(45)70/h7-8,11,14,16,23-27,31,33-35,45,57H,9-10,12-13,15,17-22,28-30H2,1-6H3,(H,59,68,70)/t33-,34-,45?/m0/s1. The average molecular weight is 984 g/mol. The number of aromatic nitrogens is 5. The molecule has 378 valence electrons. The van der Waals surface area contributed by atoms with Crippen LogP contribution in [0.3, 0.4) is 0 Å². The molecule has 0 spiro atoms. The molecular formula is C54H63F2N11O5. The SMILES string of the molecule is CNc1cc(=O)n(-c2ccnc3c2cc([C@H](C)N2CC=C(c4c(C)cc(C(=O)N5CCC(CN6CCN(Cc7ccc8c(c7)n(C)c(=O)n8C7CCC(=O)NC7=O)C[C@@H]6C)CC5)cc4F)CC2)n3C)cc1F. The van der Waals surface area contributed by atoms with Gasteiger partial charge in [-0.3, -0.25) is 52.9 Å². The molecule has 3 atom stereocenters. The van der Waals surface area contributed by atoms with Crippen molar-refractivity contribution in [3.63, 3.8) is 0 Å². The molecule has 72 heavy (non-hydrogen) atoms. The van der Waals surface area contributed by atoms with Gasteiger partial charge in [-0.1, -0.05) is 12.1 Å². The zero-order valence-corrected chi connectivity index (χ0v) is 41.9. The molecule has 3 fully saturated rings. The van der Waals surface area contributed by atoms with E-state index in [-0.39, 0.29) is 47.0 Å². The smallest absolute Gasteiger partial charge is 0.329 e. The first-order chi connectivity index (χ1) is 34.6. The van der Waals surface area contributed by atoms with Crippen molar-refractivity contribution in [2.45, 2.75) is 77.5 Å². The third-order valence-electron chi connectivity index (χ3n) is 15.9. The van der Waals surface area contributed by atoms with Crippen molar-refractivity contribution in [1.82, 2.24) is 48.2 Å². The Bertz CT molecular complexity index is 3270. The average Bonchev–Trinajstić information content (AvgIpc) is 3.83. The molecule has 2 N–H and O–H groups in total. The Balaban J connectivity index is 0.722. The molecule has 4 aromatic heterocycles. The molecule has 4 aliphatic rings. The lowest BCUT2D eigenvalue weighted by molar-refractivity contribution is -0.135. The normalized spacial score (nSPS) is 20.3. The van der Waals surface area contributed by atoms with E-state index in [1.165, 1.54) is 27.5 Å². The van der Waals surface area contributed by atoms with Crippen molar-refractivity contribution in [3.05, 3.63) is 127 Å². The molecule has 0 radical (unpaired) electrons. The molecule has 8 heterocycles. The fraction of sp³-hybridized carbons (Fsp3) is 0.444. The predicted molar refractivity (Wildman–Crippen MR) is 273 cm³/mol. The number of rotatable bonds is 11. The molecule has 16 nitrogen and oxygen atoms in total. The van der Waals surface area contributed by atoms with Gasteiger partial charge in [-0.15, -0.1) is 0 Å². The second-order valence-electron chi connectivity index (χ2n) is 20.3. The highest BCUT2D eigenvalue weighted by molar-refractivity contribution is 6.00. The van der Waals surface area contributed by atoms with E-state index in [0.717, 1.165) is 78.9 Å². The van der Waals surface area contributed by atoms with E-state index in [0.29, 0.717) is 79.0 Å². The van der Waals surface area contributed by atoms with Crippen LogP contribution in [0.15, 0.2) is 76.6 Å². The van der Waals surface area contributed by atoms with Crippen LogP contribution in [0.4, 0.5) is 14.5 Å². The van der Waals surface area contributed by atoms with Gasteiger partial charge in [0.15, 0.2) is 5.82 Å². The minimum atomic E-state index is -0.713. The van der Waals surface area contributed by atoms with Gasteiger partial charge in [-0.25, -0.2) is 18.6 Å². The van der Waals surface area contributed by atoms with Crippen molar-refractivity contribution < 1.29 is 23.2 Å². The quantitative estimate of drug-likeness (QED) is 0.150. The Morgan fingerprint density at radius 2 is 1.69 bits per heavy atom. The number of imidazole rings is 1. The predicted octanol–water partition coefficient (Wildman–Crippen LogP) is 5.89. The summed E-state index contributed by atoms with van der Waals surface area (Å²) in [5.74, 6) is -1.35. The maximum atomic E-state index is 16.1. The summed E-state index contributed by atoms with van der Waals surface area (Å²) < 4.78 is 37.4. The van der Waals surface area contributed by atoms with Crippen LogP contribution in [0.2, 0.25) is 0 Å². The zero-order chi connectivity index (χ0) is 50.7. The fourth-order valence-corrected chi connectivity index (χ4v) is 11.8. The molecule has 10 rings (SSSR count). The van der Waals surface area contributed by atoms with Crippen LogP contribution in [0.25, 0.3) is 33.3 Å². The summed E-state index contributed by atoms with van der Waals surface area (Å²) in [7, 11) is 5.22. The topological polar surface area (TPSA) is 155 Å². The fourth-order valence-electron chi connectivity index (χ4n) is 11.8. The van der Waals surface area contributed by atoms with Crippen LogP contribution in [0.1, 0.15) is 90.8 Å². The zero-order valence-electron chi connectivity index (χ0n) is 41.9. The van der Waals surface area contributed by atoms with Gasteiger partial charge in [0, 0.05) is 133 Å². The van der Waals surface area contributed by atoms with Crippen molar-refractivity contribution >= 4 is 51.0 Å². The van der Waals surface area contributed by atoms with E-state index in [9.17, 15) is 28.4 Å². The molecule has 3 saturated heterocycles. The van der Waals surface area contributed by atoms with Gasteiger partial charge >= 0.3 is 5.69 Å². The number of nitrogens with one attached hydrogen (secondary N) is 2. The number of fused-ring (bicyclic) bond motifs is 2. The van der Waals surface area contributed by atoms with E-state index >= 15 is 4.39 Å². The first-order valence-electron chi connectivity index (χ1n) is 25.2. The minimum Gasteiger partial charge on any atom is -0.386 e. The molecule has 18 heteroatoms. The summed E-state index contributed by atoms with van der Waals surface area (Å²) in [6.07, 6.45) is 7.80. The van der Waals surface area contributed by atoms with E-state index in [2.05, 4.69) is 50.2 Å². The molecule has 0 aliphatic carbocycles. The van der Waals surface area contributed by atoms with Crippen molar-refractivity contribution in [3.8, 4) is 5.69 Å². The van der Waals surface area contributed by atoms with Gasteiger partial charge in [0.05, 0.1) is 28.6 Å². The number of pyridine rings is 2. The number of carbonyl (C=O) groups is 3. The molecule has 4 aliphatic heterocycles. The summed E-state index contributed by atoms with van der Waals surface area (Å²) in [6, 6.07) is 13.8. The number of hydrogen-bond donors (Lipinski definition) is 2. The van der Waals surface area contributed by atoms with Crippen molar-refractivity contribution in [1.29, 1.82) is 0 Å². The summed E-state index contributed by atoms with van der Waals surface area (Å²) in [5, 5.41) is 5.82. The number of piperidine rings is 2. The highest BCUT2D eigenvalue weighted by Gasteiger charge is 2.33. The number of piperazine rings is 1. The highest BCUT2D eigenvalue weighted by Crippen LogP contribution is 2.35. The highest BCUT2D eigenvalue weighted by atomic mass is 19.1. The number of amides is 3. The summed E-state index contributed by atoms with van der Waals surface area (Å²) in [5.41, 5.74) is 6.83. The summed E-state index contributed by atoms with van der Waals surface area (Å²) in [4.78, 5) is 78.4. The Morgan fingerprint density at radius 1 is 0.903 bits per heavy atom. The molecule has 3 amide bonds. The van der Waals surface area contributed by atoms with Gasteiger partial charge in [0.2, 0.25) is 11.8 Å². The van der Waals surface area contributed by atoms with E-state index in [1.54, 1.807) is 30.9 Å². The Hall–Kier alpha value is -6.76. The number of carbonyl (C=O) groups excluding carboxylic acids is 3. The number of hydrogen-bond acceptors (Lipinski definition) is 10. The first-order valence-corrected chi connectivity index (χ1v) is 25.2. The lowest BCUT2D eigenvalue weighted by atomic mass is 9.92. The van der Waals surface area contributed by atoms with Gasteiger partial charge in [-0.2, -0.15) is 0 Å². The van der Waals surface area contributed by atoms with Crippen LogP contribution >= 0.6 is 0 Å². The minimum absolute atomic E-state index is 0.0471. The summed E-state index contributed by atoms with van der Waals surface area (Å²) in [6.45, 7) is 13.2. The van der Waals surface area contributed by atoms with Crippen molar-refractivity contribution in [2.24, 2.45) is 20.0 Å². The number of imide groups is 1. The lowest BCUT2D eigenvalue weighted by Crippen LogP contribution is -2.53. The molecular weight excluding hydrogens is 921 g/mol. The summed E-state index contributed by atoms with van der Waals surface area (Å²) >= 11 is 0. The van der Waals surface area contributed by atoms with Gasteiger partial charge in [0.1, 0.15) is 17.5 Å². The van der Waals surface area contributed by atoms with E-state index in [4.69, 9.17) is 0 Å². The van der Waals surface area contributed by atoms with Gasteiger partial charge < -0.3 is 14.8 Å². The third-order valence-corrected chi connectivity index (χ3v) is 15.9. The Kier molecular flexibility index (Phi) is 13.4. The monoisotopic (exact) mass is 983 g/mol. The number of likely N-dealkylation sites (tertiary alicyclic amines) is 1. The maximum Gasteiger partial charge on any atom is 0.329 e. The number of halogens is 2. The maximum absolute atomic E-state index is 16.1. The number of nitrogens with zero attached hydrogens (tertiary/aromatic N) is 9. The number of benzene rings is 2. The first kappa shape index (κ1) is 48.8. The number of anilines is 1. The van der Waals surface area contributed by atoms with Crippen molar-refractivity contribution in [2.75, 3.05) is 64.7 Å². The van der Waals surface area contributed by atoms with Gasteiger partial charge in [0.25, 0.3) is 11.5 Å². The van der Waals surface area contributed by atoms with Gasteiger partial charge in [-0.05, 0) is 105 Å². The van der Waals surface area contributed by atoms with E-state index < -0.39 is 17.8 Å². The third kappa shape index (κ3) is 9.08. The largest absolute Gasteiger partial charge is 0.386 e. The molecule has 6 aromatic rings. The van der Waals surface area contributed by atoms with Crippen LogP contribution in [0.5, 0.6) is 0 Å². The Morgan fingerprint density at radius 3 is 2.40 bits per heavy atom. The van der Waals surface area contributed by atoms with Crippen LogP contribution in [-0.2, 0) is 30.2 Å². The molecule has 0 saturated carbocycles. The second-order valence-corrected chi connectivity index (χ2v) is 20.3. The lowest BCUT2D eigenvalue weighted by Gasteiger charge is -2.42. The second kappa shape index (κ2) is 19.7. The molecule has 0 bridgehead atoms. The number of aryl methyl sites for hydroxylation is 3. The Labute approximate surface area is 416 Å².